The number of aryl methyl sites for hydroxylation is 2. The number of nitrogens with zero attached hydrogens (tertiary/aromatic N) is 2. The van der Waals surface area contributed by atoms with E-state index < -0.39 is 0 Å². The van der Waals surface area contributed by atoms with Gasteiger partial charge in [-0.15, -0.1) is 0 Å². The Hall–Kier alpha value is -1.56. The lowest BCUT2D eigenvalue weighted by Crippen LogP contribution is -2.22. The standard InChI is InChI=1S/C13H16BrN3O2/c1-4-17-9(3)10(8(2)16-17)7-15-13(18)11-5-6-12(14)19-11/h5-6H,4,7H2,1-3H3,(H,15,18). The zero-order chi connectivity index (χ0) is 14.0. The molecule has 0 saturated heterocycles. The van der Waals surface area contributed by atoms with Gasteiger partial charge in [0, 0.05) is 24.3 Å². The molecule has 0 bridgehead atoms. The minimum absolute atomic E-state index is 0.228. The van der Waals surface area contributed by atoms with Gasteiger partial charge in [-0.25, -0.2) is 0 Å². The first-order valence-corrected chi connectivity index (χ1v) is 6.88. The molecule has 2 aromatic heterocycles. The summed E-state index contributed by atoms with van der Waals surface area (Å²) in [6, 6.07) is 3.33. The van der Waals surface area contributed by atoms with E-state index in [2.05, 4.69) is 26.3 Å². The number of carbonyl (C=O) groups is 1. The molecule has 6 heteroatoms. The first kappa shape index (κ1) is 13.9. The smallest absolute Gasteiger partial charge is 0.287 e. The molecule has 102 valence electrons. The number of aromatic nitrogens is 2. The highest BCUT2D eigenvalue weighted by Crippen LogP contribution is 2.15. The zero-order valence-electron chi connectivity index (χ0n) is 11.2. The number of halogens is 1. The van der Waals surface area contributed by atoms with Gasteiger partial charge in [-0.1, -0.05) is 0 Å². The molecule has 1 N–H and O–H groups in total. The Morgan fingerprint density at radius 3 is 2.74 bits per heavy atom. The Kier molecular flexibility index (Phi) is 4.09. The molecule has 0 atom stereocenters. The molecule has 0 fully saturated rings. The van der Waals surface area contributed by atoms with Gasteiger partial charge >= 0.3 is 0 Å². The second-order valence-corrected chi connectivity index (χ2v) is 5.03. The topological polar surface area (TPSA) is 60.1 Å². The number of amides is 1. The Labute approximate surface area is 120 Å². The van der Waals surface area contributed by atoms with Crippen LogP contribution in [0.15, 0.2) is 21.2 Å². The van der Waals surface area contributed by atoms with E-state index in [1.807, 2.05) is 25.5 Å². The molecule has 0 aliphatic carbocycles. The fraction of sp³-hybridized carbons (Fsp3) is 0.385. The van der Waals surface area contributed by atoms with Crippen molar-refractivity contribution in [2.24, 2.45) is 0 Å². The fourth-order valence-corrected chi connectivity index (χ4v) is 2.30. The zero-order valence-corrected chi connectivity index (χ0v) is 12.7. The number of hydrogen-bond donors (Lipinski definition) is 1. The van der Waals surface area contributed by atoms with Crippen molar-refractivity contribution in [3.05, 3.63) is 39.5 Å². The van der Waals surface area contributed by atoms with Crippen LogP contribution in [0, 0.1) is 13.8 Å². The molecular formula is C13H16BrN3O2. The highest BCUT2D eigenvalue weighted by atomic mass is 79.9. The number of hydrogen-bond acceptors (Lipinski definition) is 3. The van der Waals surface area contributed by atoms with Gasteiger partial charge in [0.05, 0.1) is 5.69 Å². The summed E-state index contributed by atoms with van der Waals surface area (Å²) >= 11 is 3.17. The van der Waals surface area contributed by atoms with Gasteiger partial charge in [-0.3, -0.25) is 9.48 Å². The minimum atomic E-state index is -0.228. The average Bonchev–Trinajstić information content (AvgIpc) is 2.92. The maximum atomic E-state index is 11.9. The van der Waals surface area contributed by atoms with Gasteiger partial charge in [0.15, 0.2) is 10.4 Å². The minimum Gasteiger partial charge on any atom is -0.444 e. The van der Waals surface area contributed by atoms with Crippen LogP contribution in [0.3, 0.4) is 0 Å². The van der Waals surface area contributed by atoms with Gasteiger partial charge in [-0.2, -0.15) is 5.10 Å². The third-order valence-electron chi connectivity index (χ3n) is 3.05. The predicted molar refractivity (Wildman–Crippen MR) is 75.0 cm³/mol. The summed E-state index contributed by atoms with van der Waals surface area (Å²) in [5, 5.41) is 7.26. The summed E-state index contributed by atoms with van der Waals surface area (Å²) in [6.45, 7) is 7.28. The summed E-state index contributed by atoms with van der Waals surface area (Å²) in [4.78, 5) is 11.9. The van der Waals surface area contributed by atoms with Crippen LogP contribution in [0.1, 0.15) is 34.4 Å². The van der Waals surface area contributed by atoms with Gasteiger partial charge in [-0.05, 0) is 48.8 Å². The number of carbonyl (C=O) groups excluding carboxylic acids is 1. The third-order valence-corrected chi connectivity index (χ3v) is 3.48. The molecule has 2 aromatic rings. The Bertz CT molecular complexity index is 601. The number of furan rings is 1. The monoisotopic (exact) mass is 325 g/mol. The summed E-state index contributed by atoms with van der Waals surface area (Å²) in [5.74, 6) is 0.0683. The normalized spacial score (nSPS) is 10.7. The van der Waals surface area contributed by atoms with Gasteiger partial charge in [0.25, 0.3) is 5.91 Å². The van der Waals surface area contributed by atoms with Crippen LogP contribution in [0.5, 0.6) is 0 Å². The molecule has 0 aromatic carbocycles. The molecule has 0 unspecified atom stereocenters. The molecule has 0 aliphatic heterocycles. The Morgan fingerprint density at radius 1 is 1.47 bits per heavy atom. The summed E-state index contributed by atoms with van der Waals surface area (Å²) in [5.41, 5.74) is 3.09. The van der Waals surface area contributed by atoms with Gasteiger partial charge in [0.2, 0.25) is 0 Å². The van der Waals surface area contributed by atoms with E-state index in [9.17, 15) is 4.79 Å². The largest absolute Gasteiger partial charge is 0.444 e. The summed E-state index contributed by atoms with van der Waals surface area (Å²) < 4.78 is 7.68. The van der Waals surface area contributed by atoms with Crippen LogP contribution >= 0.6 is 15.9 Å². The predicted octanol–water partition coefficient (Wildman–Crippen LogP) is 2.81. The van der Waals surface area contributed by atoms with E-state index >= 15 is 0 Å². The lowest BCUT2D eigenvalue weighted by Gasteiger charge is -2.04. The summed E-state index contributed by atoms with van der Waals surface area (Å²) in [6.07, 6.45) is 0. The van der Waals surface area contributed by atoms with Crippen LogP contribution < -0.4 is 5.32 Å². The van der Waals surface area contributed by atoms with Crippen molar-refractivity contribution in [2.45, 2.75) is 33.9 Å². The van der Waals surface area contributed by atoms with Crippen LogP contribution in [-0.4, -0.2) is 15.7 Å². The molecule has 2 heterocycles. The van der Waals surface area contributed by atoms with Crippen molar-refractivity contribution in [1.82, 2.24) is 15.1 Å². The molecule has 1 amide bonds. The van der Waals surface area contributed by atoms with Crippen LogP contribution in [-0.2, 0) is 13.1 Å². The fourth-order valence-electron chi connectivity index (χ4n) is 1.99. The molecule has 19 heavy (non-hydrogen) atoms. The number of rotatable bonds is 4. The van der Waals surface area contributed by atoms with E-state index in [1.54, 1.807) is 12.1 Å². The van der Waals surface area contributed by atoms with Crippen molar-refractivity contribution >= 4 is 21.8 Å². The van der Waals surface area contributed by atoms with E-state index in [0.717, 1.165) is 23.5 Å². The van der Waals surface area contributed by atoms with Crippen molar-refractivity contribution in [3.63, 3.8) is 0 Å². The van der Waals surface area contributed by atoms with Crippen LogP contribution in [0.2, 0.25) is 0 Å². The van der Waals surface area contributed by atoms with Crippen LogP contribution in [0.25, 0.3) is 0 Å². The maximum absolute atomic E-state index is 11.9. The van der Waals surface area contributed by atoms with Gasteiger partial charge < -0.3 is 9.73 Å². The molecule has 0 spiro atoms. The maximum Gasteiger partial charge on any atom is 0.287 e. The molecule has 0 aliphatic rings. The highest BCUT2D eigenvalue weighted by Gasteiger charge is 2.14. The quantitative estimate of drug-likeness (QED) is 0.940. The lowest BCUT2D eigenvalue weighted by molar-refractivity contribution is 0.0922. The first-order chi connectivity index (χ1) is 9.02. The van der Waals surface area contributed by atoms with E-state index in [0.29, 0.717) is 17.0 Å². The molecule has 5 nitrogen and oxygen atoms in total. The number of nitrogens with one attached hydrogen (secondary N) is 1. The van der Waals surface area contributed by atoms with Crippen molar-refractivity contribution in [2.75, 3.05) is 0 Å². The molecule has 0 saturated carbocycles. The van der Waals surface area contributed by atoms with Crippen molar-refractivity contribution < 1.29 is 9.21 Å². The van der Waals surface area contributed by atoms with E-state index in [1.165, 1.54) is 0 Å². The lowest BCUT2D eigenvalue weighted by atomic mass is 10.2. The van der Waals surface area contributed by atoms with Crippen molar-refractivity contribution in [3.8, 4) is 0 Å². The van der Waals surface area contributed by atoms with E-state index in [4.69, 9.17) is 4.42 Å². The Morgan fingerprint density at radius 2 is 2.21 bits per heavy atom. The average molecular weight is 326 g/mol. The molecular weight excluding hydrogens is 310 g/mol. The molecule has 0 radical (unpaired) electrons. The summed E-state index contributed by atoms with van der Waals surface area (Å²) in [7, 11) is 0. The van der Waals surface area contributed by atoms with Gasteiger partial charge in [0.1, 0.15) is 0 Å². The third kappa shape index (κ3) is 2.89. The highest BCUT2D eigenvalue weighted by molar-refractivity contribution is 9.10. The van der Waals surface area contributed by atoms with E-state index in [-0.39, 0.29) is 5.91 Å². The SMILES string of the molecule is CCn1nc(C)c(CNC(=O)c2ccc(Br)o2)c1C. The molecule has 2 rings (SSSR count). The first-order valence-electron chi connectivity index (χ1n) is 6.09. The second-order valence-electron chi connectivity index (χ2n) is 4.25. The second kappa shape index (κ2) is 5.61. The van der Waals surface area contributed by atoms with Crippen molar-refractivity contribution in [1.29, 1.82) is 0 Å². The Balaban J connectivity index is 2.07. The van der Waals surface area contributed by atoms with Crippen LogP contribution in [0.4, 0.5) is 0 Å².